The molecule has 1 aromatic heterocycles. The summed E-state index contributed by atoms with van der Waals surface area (Å²) in [7, 11) is 0. The van der Waals surface area contributed by atoms with Crippen LogP contribution in [0, 0.1) is 12.8 Å². The lowest BCUT2D eigenvalue weighted by molar-refractivity contribution is -0.117. The van der Waals surface area contributed by atoms with Crippen LogP contribution in [0.3, 0.4) is 0 Å². The summed E-state index contributed by atoms with van der Waals surface area (Å²) in [4.78, 5) is 24.9. The normalized spacial score (nSPS) is 13.9. The average Bonchev–Trinajstić information content (AvgIpc) is 3.31. The van der Waals surface area contributed by atoms with E-state index in [0.29, 0.717) is 11.4 Å². The third-order valence-electron chi connectivity index (χ3n) is 3.70. The molecule has 4 nitrogen and oxygen atoms in total. The number of hydrogen-bond donors (Lipinski definition) is 2. The van der Waals surface area contributed by atoms with Gasteiger partial charge in [0.2, 0.25) is 11.8 Å². The van der Waals surface area contributed by atoms with Gasteiger partial charge in [-0.3, -0.25) is 9.59 Å². The highest BCUT2D eigenvalue weighted by molar-refractivity contribution is 9.11. The highest BCUT2D eigenvalue weighted by Crippen LogP contribution is 2.31. The molecule has 2 aromatic rings. The van der Waals surface area contributed by atoms with E-state index in [4.69, 9.17) is 0 Å². The number of amides is 2. The summed E-state index contributed by atoms with van der Waals surface area (Å²) < 4.78 is 1.03. The molecule has 0 atom stereocenters. The molecule has 0 spiro atoms. The zero-order chi connectivity index (χ0) is 17.1. The van der Waals surface area contributed by atoms with Crippen molar-refractivity contribution in [3.05, 3.63) is 50.6 Å². The maximum absolute atomic E-state index is 12.1. The maximum Gasteiger partial charge on any atom is 0.248 e. The second kappa shape index (κ2) is 7.32. The van der Waals surface area contributed by atoms with E-state index in [0.717, 1.165) is 27.1 Å². The Morgan fingerprint density at radius 3 is 2.67 bits per heavy atom. The van der Waals surface area contributed by atoms with Gasteiger partial charge in [-0.25, -0.2) is 0 Å². The number of halogens is 1. The van der Waals surface area contributed by atoms with Gasteiger partial charge in [0.1, 0.15) is 0 Å². The molecule has 2 N–H and O–H groups in total. The number of benzene rings is 1. The van der Waals surface area contributed by atoms with Crippen molar-refractivity contribution in [2.24, 2.45) is 5.92 Å². The van der Waals surface area contributed by atoms with Crippen LogP contribution >= 0.6 is 27.3 Å². The Hall–Kier alpha value is -1.92. The Morgan fingerprint density at radius 1 is 1.21 bits per heavy atom. The summed E-state index contributed by atoms with van der Waals surface area (Å²) in [6.45, 7) is 1.92. The molecular weight excluding hydrogens is 388 g/mol. The van der Waals surface area contributed by atoms with Crippen molar-refractivity contribution in [3.8, 4) is 0 Å². The van der Waals surface area contributed by atoms with Crippen LogP contribution in [-0.4, -0.2) is 11.8 Å². The molecule has 0 bridgehead atoms. The number of carbonyl (C=O) groups excluding carboxylic acids is 2. The van der Waals surface area contributed by atoms with Crippen molar-refractivity contribution in [2.75, 3.05) is 10.6 Å². The SMILES string of the molecule is Cc1ccc(NC(=O)C2CC2)cc1NC(=O)/C=C/c1ccc(Br)s1. The van der Waals surface area contributed by atoms with Gasteiger partial charge in [-0.1, -0.05) is 6.07 Å². The smallest absolute Gasteiger partial charge is 0.248 e. The fraction of sp³-hybridized carbons (Fsp3) is 0.222. The zero-order valence-electron chi connectivity index (χ0n) is 13.1. The van der Waals surface area contributed by atoms with Gasteiger partial charge in [0, 0.05) is 28.2 Å². The number of rotatable bonds is 5. The molecule has 0 saturated heterocycles. The highest BCUT2D eigenvalue weighted by atomic mass is 79.9. The molecule has 1 aliphatic rings. The van der Waals surface area contributed by atoms with Gasteiger partial charge in [0.05, 0.1) is 3.79 Å². The van der Waals surface area contributed by atoms with Crippen LogP contribution < -0.4 is 10.6 Å². The predicted octanol–water partition coefficient (Wildman–Crippen LogP) is 4.82. The van der Waals surface area contributed by atoms with Crippen LogP contribution in [0.5, 0.6) is 0 Å². The molecule has 1 aromatic carbocycles. The van der Waals surface area contributed by atoms with Gasteiger partial charge in [-0.2, -0.15) is 0 Å². The second-order valence-corrected chi connectivity index (χ2v) is 8.25. The summed E-state index contributed by atoms with van der Waals surface area (Å²) in [6.07, 6.45) is 5.21. The van der Waals surface area contributed by atoms with Crippen molar-refractivity contribution in [1.29, 1.82) is 0 Å². The lowest BCUT2D eigenvalue weighted by Gasteiger charge is -2.10. The molecule has 0 aliphatic heterocycles. The van der Waals surface area contributed by atoms with E-state index < -0.39 is 0 Å². The third kappa shape index (κ3) is 4.55. The predicted molar refractivity (Wildman–Crippen MR) is 102 cm³/mol. The topological polar surface area (TPSA) is 58.2 Å². The van der Waals surface area contributed by atoms with Gasteiger partial charge in [-0.05, 0) is 71.6 Å². The lowest BCUT2D eigenvalue weighted by atomic mass is 10.1. The summed E-state index contributed by atoms with van der Waals surface area (Å²) >= 11 is 4.95. The van der Waals surface area contributed by atoms with E-state index >= 15 is 0 Å². The van der Waals surface area contributed by atoms with Crippen LogP contribution in [0.2, 0.25) is 0 Å². The summed E-state index contributed by atoms with van der Waals surface area (Å²) in [6, 6.07) is 9.42. The van der Waals surface area contributed by atoms with Crippen molar-refractivity contribution in [1.82, 2.24) is 0 Å². The quantitative estimate of drug-likeness (QED) is 0.701. The Bertz CT molecular complexity index is 809. The molecule has 3 rings (SSSR count). The Morgan fingerprint density at radius 2 is 2.00 bits per heavy atom. The summed E-state index contributed by atoms with van der Waals surface area (Å²) in [5.41, 5.74) is 2.35. The summed E-state index contributed by atoms with van der Waals surface area (Å²) in [5, 5.41) is 5.76. The molecule has 2 amide bonds. The molecule has 124 valence electrons. The number of nitrogens with one attached hydrogen (secondary N) is 2. The van der Waals surface area contributed by atoms with Crippen LogP contribution in [-0.2, 0) is 9.59 Å². The minimum atomic E-state index is -0.201. The first-order chi connectivity index (χ1) is 11.5. The lowest BCUT2D eigenvalue weighted by Crippen LogP contribution is -2.14. The van der Waals surface area contributed by atoms with Crippen molar-refractivity contribution < 1.29 is 9.59 Å². The average molecular weight is 405 g/mol. The first-order valence-corrected chi connectivity index (χ1v) is 9.28. The monoisotopic (exact) mass is 404 g/mol. The number of aryl methyl sites for hydroxylation is 1. The zero-order valence-corrected chi connectivity index (χ0v) is 15.5. The minimum absolute atomic E-state index is 0.0549. The molecule has 1 fully saturated rings. The van der Waals surface area contributed by atoms with Crippen LogP contribution in [0.15, 0.2) is 40.2 Å². The second-order valence-electron chi connectivity index (χ2n) is 5.76. The van der Waals surface area contributed by atoms with Crippen LogP contribution in [0.1, 0.15) is 23.3 Å². The third-order valence-corrected chi connectivity index (χ3v) is 5.29. The molecular formula is C18H17BrN2O2S. The Labute approximate surface area is 153 Å². The van der Waals surface area contributed by atoms with Crippen LogP contribution in [0.25, 0.3) is 6.08 Å². The van der Waals surface area contributed by atoms with Crippen molar-refractivity contribution >= 4 is 56.5 Å². The molecule has 0 unspecified atom stereocenters. The fourth-order valence-electron chi connectivity index (χ4n) is 2.17. The molecule has 1 saturated carbocycles. The number of thiophene rings is 1. The van der Waals surface area contributed by atoms with Gasteiger partial charge in [0.15, 0.2) is 0 Å². The van der Waals surface area contributed by atoms with E-state index in [1.807, 2.05) is 31.2 Å². The van der Waals surface area contributed by atoms with Crippen molar-refractivity contribution in [3.63, 3.8) is 0 Å². The Kier molecular flexibility index (Phi) is 5.16. The minimum Gasteiger partial charge on any atom is -0.326 e. The van der Waals surface area contributed by atoms with Gasteiger partial charge in [-0.15, -0.1) is 11.3 Å². The van der Waals surface area contributed by atoms with Crippen LogP contribution in [0.4, 0.5) is 11.4 Å². The first-order valence-electron chi connectivity index (χ1n) is 7.67. The number of anilines is 2. The van der Waals surface area contributed by atoms with E-state index in [-0.39, 0.29) is 17.7 Å². The largest absolute Gasteiger partial charge is 0.326 e. The van der Waals surface area contributed by atoms with Gasteiger partial charge in [0.25, 0.3) is 0 Å². The number of carbonyl (C=O) groups is 2. The molecule has 6 heteroatoms. The molecule has 24 heavy (non-hydrogen) atoms. The van der Waals surface area contributed by atoms with E-state index in [1.165, 1.54) is 6.08 Å². The summed E-state index contributed by atoms with van der Waals surface area (Å²) in [5.74, 6) is 0.00462. The fourth-order valence-corrected chi connectivity index (χ4v) is 3.50. The van der Waals surface area contributed by atoms with E-state index in [1.54, 1.807) is 23.5 Å². The first kappa shape index (κ1) is 16.9. The number of hydrogen-bond acceptors (Lipinski definition) is 3. The van der Waals surface area contributed by atoms with Gasteiger partial charge < -0.3 is 10.6 Å². The molecule has 1 aliphatic carbocycles. The van der Waals surface area contributed by atoms with Crippen molar-refractivity contribution in [2.45, 2.75) is 19.8 Å². The molecule has 1 heterocycles. The van der Waals surface area contributed by atoms with E-state index in [9.17, 15) is 9.59 Å². The molecule has 0 radical (unpaired) electrons. The maximum atomic E-state index is 12.1. The highest BCUT2D eigenvalue weighted by Gasteiger charge is 2.29. The Balaban J connectivity index is 1.65. The standard InChI is InChI=1S/C18H17BrN2O2S/c1-11-2-5-13(20-18(23)12-3-4-12)10-15(11)21-17(22)9-7-14-6-8-16(19)24-14/h2,5-10,12H,3-4H2,1H3,(H,20,23)(H,21,22)/b9-7+. The van der Waals surface area contributed by atoms with Gasteiger partial charge >= 0.3 is 0 Å². The van der Waals surface area contributed by atoms with E-state index in [2.05, 4.69) is 26.6 Å².